The fourth-order valence-corrected chi connectivity index (χ4v) is 3.95. The monoisotopic (exact) mass is 404 g/mol. The van der Waals surface area contributed by atoms with Crippen molar-refractivity contribution in [3.8, 4) is 6.07 Å². The molecular weight excluding hydrogens is 382 g/mol. The summed E-state index contributed by atoms with van der Waals surface area (Å²) in [7, 11) is 0. The standard InChI is InChI=1S/C20H22F2N4O3/c1-19(14-10-13(21)6-7-15(14)22)17(28)26(18(29)25-19)11-16(27)24-20(12-23)8-4-2-3-5-9-20/h6-7,10H,2-5,8-9,11H2,1H3,(H,24,27)(H,25,29)/t19-/m1/s1. The molecule has 0 bridgehead atoms. The molecule has 2 fully saturated rings. The van der Waals surface area contributed by atoms with Gasteiger partial charge in [0.15, 0.2) is 0 Å². The number of urea groups is 1. The zero-order valence-corrected chi connectivity index (χ0v) is 16.1. The minimum Gasteiger partial charge on any atom is -0.336 e. The molecule has 3 rings (SSSR count). The Morgan fingerprint density at radius 1 is 1.24 bits per heavy atom. The molecule has 1 aliphatic carbocycles. The highest BCUT2D eigenvalue weighted by atomic mass is 19.1. The van der Waals surface area contributed by atoms with Gasteiger partial charge in [-0.3, -0.25) is 14.5 Å². The first-order valence-electron chi connectivity index (χ1n) is 9.53. The molecule has 29 heavy (non-hydrogen) atoms. The highest BCUT2D eigenvalue weighted by molar-refractivity contribution is 6.09. The maximum atomic E-state index is 14.2. The molecular formula is C20H22F2N4O3. The molecule has 4 amide bonds. The Kier molecular flexibility index (Phi) is 5.55. The third kappa shape index (κ3) is 3.92. The third-order valence-electron chi connectivity index (χ3n) is 5.59. The van der Waals surface area contributed by atoms with Gasteiger partial charge in [-0.1, -0.05) is 25.7 Å². The molecule has 0 unspecified atom stereocenters. The Hall–Kier alpha value is -3.02. The molecule has 0 radical (unpaired) electrons. The summed E-state index contributed by atoms with van der Waals surface area (Å²) in [5.74, 6) is -3.13. The second-order valence-electron chi connectivity index (χ2n) is 7.73. The lowest BCUT2D eigenvalue weighted by molar-refractivity contribution is -0.135. The van der Waals surface area contributed by atoms with Crippen LogP contribution in [0.25, 0.3) is 0 Å². The van der Waals surface area contributed by atoms with E-state index in [1.54, 1.807) is 0 Å². The summed E-state index contributed by atoms with van der Waals surface area (Å²) in [6.07, 6.45) is 4.55. The summed E-state index contributed by atoms with van der Waals surface area (Å²) in [6.45, 7) is 0.645. The Morgan fingerprint density at radius 2 is 1.90 bits per heavy atom. The average Bonchev–Trinajstić information content (AvgIpc) is 2.85. The van der Waals surface area contributed by atoms with Crippen LogP contribution in [0.5, 0.6) is 0 Å². The van der Waals surface area contributed by atoms with Crippen molar-refractivity contribution in [2.24, 2.45) is 0 Å². The van der Waals surface area contributed by atoms with E-state index in [1.165, 1.54) is 6.92 Å². The lowest BCUT2D eigenvalue weighted by atomic mass is 9.91. The number of carbonyl (C=O) groups is 3. The Labute approximate surface area is 167 Å². The SMILES string of the molecule is C[C@]1(c2cc(F)ccc2F)NC(=O)N(CC(=O)NC2(C#N)CCCCCC2)C1=O. The number of halogens is 2. The number of nitriles is 1. The van der Waals surface area contributed by atoms with Gasteiger partial charge in [0.2, 0.25) is 5.91 Å². The van der Waals surface area contributed by atoms with E-state index in [9.17, 15) is 28.4 Å². The van der Waals surface area contributed by atoms with Crippen LogP contribution in [0.1, 0.15) is 51.0 Å². The van der Waals surface area contributed by atoms with Crippen molar-refractivity contribution in [2.45, 2.75) is 56.5 Å². The Balaban J connectivity index is 1.77. The van der Waals surface area contributed by atoms with Gasteiger partial charge < -0.3 is 10.6 Å². The molecule has 1 aromatic rings. The smallest absolute Gasteiger partial charge is 0.325 e. The molecule has 7 nitrogen and oxygen atoms in total. The van der Waals surface area contributed by atoms with E-state index in [0.717, 1.165) is 43.9 Å². The third-order valence-corrected chi connectivity index (χ3v) is 5.59. The van der Waals surface area contributed by atoms with Gasteiger partial charge in [-0.05, 0) is 38.0 Å². The molecule has 1 aromatic carbocycles. The number of rotatable bonds is 4. The van der Waals surface area contributed by atoms with Crippen molar-refractivity contribution >= 4 is 17.8 Å². The van der Waals surface area contributed by atoms with Crippen molar-refractivity contribution in [1.82, 2.24) is 15.5 Å². The summed E-state index contributed by atoms with van der Waals surface area (Å²) >= 11 is 0. The van der Waals surface area contributed by atoms with Crippen LogP contribution in [-0.2, 0) is 15.1 Å². The zero-order valence-electron chi connectivity index (χ0n) is 16.1. The molecule has 1 atom stereocenters. The number of nitrogens with one attached hydrogen (secondary N) is 2. The van der Waals surface area contributed by atoms with Crippen LogP contribution in [-0.4, -0.2) is 34.8 Å². The van der Waals surface area contributed by atoms with E-state index in [-0.39, 0.29) is 5.56 Å². The Morgan fingerprint density at radius 3 is 2.52 bits per heavy atom. The van der Waals surface area contributed by atoms with Crippen molar-refractivity contribution in [1.29, 1.82) is 5.26 Å². The van der Waals surface area contributed by atoms with Gasteiger partial charge in [-0.25, -0.2) is 13.6 Å². The van der Waals surface area contributed by atoms with Crippen molar-refractivity contribution in [2.75, 3.05) is 6.54 Å². The minimum atomic E-state index is -1.83. The molecule has 2 aliphatic rings. The molecule has 0 aromatic heterocycles. The topological polar surface area (TPSA) is 102 Å². The average molecular weight is 404 g/mol. The number of nitrogens with zero attached hydrogens (tertiary/aromatic N) is 2. The highest BCUT2D eigenvalue weighted by Crippen LogP contribution is 2.31. The van der Waals surface area contributed by atoms with E-state index in [2.05, 4.69) is 16.7 Å². The lowest BCUT2D eigenvalue weighted by Gasteiger charge is -2.27. The number of hydrogen-bond acceptors (Lipinski definition) is 4. The number of carbonyl (C=O) groups excluding carboxylic acids is 3. The summed E-state index contributed by atoms with van der Waals surface area (Å²) in [5, 5.41) is 14.6. The molecule has 1 saturated heterocycles. The number of imide groups is 1. The first kappa shape index (κ1) is 20.7. The second-order valence-corrected chi connectivity index (χ2v) is 7.73. The van der Waals surface area contributed by atoms with Crippen molar-refractivity contribution < 1.29 is 23.2 Å². The maximum absolute atomic E-state index is 14.2. The predicted octanol–water partition coefficient (Wildman–Crippen LogP) is 2.46. The van der Waals surface area contributed by atoms with E-state index < -0.39 is 47.1 Å². The van der Waals surface area contributed by atoms with Crippen LogP contribution in [0.15, 0.2) is 18.2 Å². The summed E-state index contributed by atoms with van der Waals surface area (Å²) < 4.78 is 27.8. The Bertz CT molecular complexity index is 890. The minimum absolute atomic E-state index is 0.323. The largest absolute Gasteiger partial charge is 0.336 e. The number of benzene rings is 1. The number of amides is 4. The predicted molar refractivity (Wildman–Crippen MR) is 98.1 cm³/mol. The molecule has 154 valence electrons. The van der Waals surface area contributed by atoms with Crippen molar-refractivity contribution in [3.05, 3.63) is 35.4 Å². The highest BCUT2D eigenvalue weighted by Gasteiger charge is 2.51. The first-order valence-corrected chi connectivity index (χ1v) is 9.53. The van der Waals surface area contributed by atoms with Gasteiger partial charge in [-0.15, -0.1) is 0 Å². The molecule has 1 saturated carbocycles. The van der Waals surface area contributed by atoms with Crippen LogP contribution in [0, 0.1) is 23.0 Å². The second kappa shape index (κ2) is 7.78. The summed E-state index contributed by atoms with van der Waals surface area (Å²) in [6, 6.07) is 3.89. The van der Waals surface area contributed by atoms with Gasteiger partial charge in [0, 0.05) is 5.56 Å². The zero-order chi connectivity index (χ0) is 21.2. The first-order chi connectivity index (χ1) is 13.7. The van der Waals surface area contributed by atoms with Crippen molar-refractivity contribution in [3.63, 3.8) is 0 Å². The van der Waals surface area contributed by atoms with Gasteiger partial charge >= 0.3 is 6.03 Å². The van der Waals surface area contributed by atoms with Crippen LogP contribution >= 0.6 is 0 Å². The van der Waals surface area contributed by atoms with E-state index >= 15 is 0 Å². The van der Waals surface area contributed by atoms with Crippen LogP contribution in [0.4, 0.5) is 13.6 Å². The maximum Gasteiger partial charge on any atom is 0.325 e. The van der Waals surface area contributed by atoms with E-state index in [4.69, 9.17) is 0 Å². The molecule has 9 heteroatoms. The van der Waals surface area contributed by atoms with Gasteiger partial charge in [0.1, 0.15) is 29.3 Å². The molecule has 1 aliphatic heterocycles. The van der Waals surface area contributed by atoms with E-state index in [0.29, 0.717) is 17.7 Å². The fourth-order valence-electron chi connectivity index (χ4n) is 3.95. The molecule has 0 spiro atoms. The van der Waals surface area contributed by atoms with Crippen LogP contribution in [0.2, 0.25) is 0 Å². The summed E-state index contributed by atoms with van der Waals surface area (Å²) in [5.41, 5.74) is -3.18. The lowest BCUT2D eigenvalue weighted by Crippen LogP contribution is -2.51. The van der Waals surface area contributed by atoms with Crippen LogP contribution in [0.3, 0.4) is 0 Å². The van der Waals surface area contributed by atoms with Gasteiger partial charge in [0.25, 0.3) is 5.91 Å². The molecule has 2 N–H and O–H groups in total. The summed E-state index contributed by atoms with van der Waals surface area (Å²) in [4.78, 5) is 38.4. The van der Waals surface area contributed by atoms with Crippen LogP contribution < -0.4 is 10.6 Å². The quantitative estimate of drug-likeness (QED) is 0.594. The fraction of sp³-hybridized carbons (Fsp3) is 0.500. The number of hydrogen-bond donors (Lipinski definition) is 2. The normalized spacial score (nSPS) is 23.9. The van der Waals surface area contributed by atoms with E-state index in [1.807, 2.05) is 0 Å². The van der Waals surface area contributed by atoms with Gasteiger partial charge in [0.05, 0.1) is 6.07 Å². The molecule has 1 heterocycles. The van der Waals surface area contributed by atoms with Gasteiger partial charge in [-0.2, -0.15) is 5.26 Å².